The predicted molar refractivity (Wildman–Crippen MR) is 191 cm³/mol. The summed E-state index contributed by atoms with van der Waals surface area (Å²) in [7, 11) is 0. The first-order valence-corrected chi connectivity index (χ1v) is 22.5. The fourth-order valence-corrected chi connectivity index (χ4v) is 7.63. The third kappa shape index (κ3) is 28.6. The van der Waals surface area contributed by atoms with E-state index in [-0.39, 0.29) is 11.7 Å². The number of alkyl halides is 2. The van der Waals surface area contributed by atoms with Crippen LogP contribution in [0.4, 0.5) is 0 Å². The molecule has 5 nitrogen and oxygen atoms in total. The van der Waals surface area contributed by atoms with Gasteiger partial charge < -0.3 is 0 Å². The molecule has 0 aliphatic rings. The van der Waals surface area contributed by atoms with Gasteiger partial charge in [-0.05, 0) is 0 Å². The van der Waals surface area contributed by atoms with Gasteiger partial charge in [-0.3, -0.25) is 0 Å². The third-order valence-corrected chi connectivity index (χ3v) is 11.8. The molecule has 0 radical (unpaired) electrons. The van der Waals surface area contributed by atoms with Gasteiger partial charge in [0, 0.05) is 0 Å². The van der Waals surface area contributed by atoms with Crippen molar-refractivity contribution in [3.8, 4) is 0 Å². The molecular weight excluding hydrogens is 637 g/mol. The minimum absolute atomic E-state index is 0.0697. The van der Waals surface area contributed by atoms with Gasteiger partial charge in [-0.1, -0.05) is 78.1 Å². The van der Waals surface area contributed by atoms with Gasteiger partial charge in [0.2, 0.25) is 0 Å². The fourth-order valence-electron chi connectivity index (χ4n) is 5.31. The van der Waals surface area contributed by atoms with Crippen molar-refractivity contribution in [1.82, 2.24) is 5.32 Å². The van der Waals surface area contributed by atoms with Crippen molar-refractivity contribution < 1.29 is 17.8 Å². The normalized spacial score (nSPS) is 12.9. The van der Waals surface area contributed by atoms with Crippen molar-refractivity contribution in [1.29, 1.82) is 0 Å². The molecule has 0 aromatic rings. The van der Waals surface area contributed by atoms with Crippen LogP contribution >= 0.6 is 20.2 Å². The molecule has 0 aliphatic carbocycles. The van der Waals surface area contributed by atoms with Gasteiger partial charge in [-0.2, -0.15) is 0 Å². The molecule has 0 saturated heterocycles. The second-order valence-corrected chi connectivity index (χ2v) is 17.9. The van der Waals surface area contributed by atoms with Crippen LogP contribution in [0.15, 0.2) is 0 Å². The number of hydrogen-bond acceptors (Lipinski definition) is 4. The van der Waals surface area contributed by atoms with E-state index >= 15 is 0 Å². The third-order valence-electron chi connectivity index (χ3n) is 8.22. The van der Waals surface area contributed by atoms with E-state index < -0.39 is 31.8 Å². The average Bonchev–Trinajstić information content (AvgIpc) is 2.93. The van der Waals surface area contributed by atoms with E-state index in [1.807, 2.05) is 0 Å². The summed E-state index contributed by atoms with van der Waals surface area (Å²) in [6.45, 7) is 9.27. The number of nitrogens with one attached hydrogen (secondary N) is 1. The molecule has 0 rings (SSSR count). The maximum absolute atomic E-state index is 13.2. The van der Waals surface area contributed by atoms with Crippen LogP contribution in [0, 0.1) is 5.92 Å². The standard InChI is InChI=1S/C36H72INO4/c1-6-8-10-12-14-16-18-20-22-24-26-28-34(39)33(27-25-23-21-19-17-15-13-11-9-7-2)35(40)38-31-30-37(5)42-32-29-36(3,4)41/h33,41H,6-32H2,1-5H3,(H,38,40). The van der Waals surface area contributed by atoms with Crippen molar-refractivity contribution in [2.75, 3.05) is 22.5 Å². The second-order valence-electron chi connectivity index (χ2n) is 13.2. The first kappa shape index (κ1) is 41.8. The quantitative estimate of drug-likeness (QED) is 0.0316. The molecule has 1 atom stereocenters. The zero-order chi connectivity index (χ0) is 31.3. The number of unbranched alkanes of at least 4 members (excludes halogenated alkanes) is 19. The summed E-state index contributed by atoms with van der Waals surface area (Å²) >= 11 is -1.59. The zero-order valence-corrected chi connectivity index (χ0v) is 30.9. The number of halogens is 1. The van der Waals surface area contributed by atoms with E-state index in [9.17, 15) is 14.7 Å². The Morgan fingerprint density at radius 1 is 0.714 bits per heavy atom. The van der Waals surface area contributed by atoms with Crippen LogP contribution < -0.4 is 5.32 Å². The van der Waals surface area contributed by atoms with Crippen LogP contribution in [0.25, 0.3) is 0 Å². The minimum atomic E-state index is -1.59. The van der Waals surface area contributed by atoms with Gasteiger partial charge in [0.25, 0.3) is 0 Å². The van der Waals surface area contributed by atoms with Crippen LogP contribution in [-0.4, -0.2) is 44.9 Å². The van der Waals surface area contributed by atoms with Crippen molar-refractivity contribution >= 4 is 31.9 Å². The molecule has 1 unspecified atom stereocenters. The summed E-state index contributed by atoms with van der Waals surface area (Å²) in [5, 5.41) is 13.0. The Labute approximate surface area is 269 Å². The van der Waals surface area contributed by atoms with Crippen molar-refractivity contribution in [2.45, 2.75) is 187 Å². The number of carbonyl (C=O) groups is 2. The Morgan fingerprint density at radius 2 is 1.14 bits per heavy atom. The van der Waals surface area contributed by atoms with Gasteiger partial charge in [0.05, 0.1) is 0 Å². The Bertz CT molecular complexity index is 622. The van der Waals surface area contributed by atoms with Crippen LogP contribution in [0.5, 0.6) is 0 Å². The fraction of sp³-hybridized carbons (Fsp3) is 0.944. The van der Waals surface area contributed by atoms with E-state index in [1.165, 1.54) is 109 Å². The van der Waals surface area contributed by atoms with Gasteiger partial charge >= 0.3 is 193 Å². The Morgan fingerprint density at radius 3 is 1.60 bits per heavy atom. The number of ketones is 1. The molecule has 0 saturated carbocycles. The van der Waals surface area contributed by atoms with Crippen LogP contribution in [0.2, 0.25) is 0 Å². The predicted octanol–water partition coefficient (Wildman–Crippen LogP) is 10.5. The molecule has 0 aliphatic heterocycles. The van der Waals surface area contributed by atoms with E-state index in [0.717, 1.165) is 30.1 Å². The Kier molecular flexibility index (Phi) is 29.4. The first-order chi connectivity index (χ1) is 20.2. The molecule has 0 spiro atoms. The summed E-state index contributed by atoms with van der Waals surface area (Å²) in [4.78, 5) is 28.4. The molecule has 6 heteroatoms. The molecule has 1 amide bonds. The Balaban J connectivity index is 4.39. The molecule has 42 heavy (non-hydrogen) atoms. The van der Waals surface area contributed by atoms with Crippen molar-refractivity contribution in [2.24, 2.45) is 5.92 Å². The average molecular weight is 710 g/mol. The molecular formula is C36H72INO4. The Hall–Kier alpha value is -0.210. The first-order valence-electron chi connectivity index (χ1n) is 17.9. The second kappa shape index (κ2) is 29.5. The molecule has 0 bridgehead atoms. The maximum atomic E-state index is 13.2. The SMILES string of the molecule is CCCCCCCCCCCCCC(=O)C(CCCCCCCCCCCC)C(=O)NCCI(C)OCCC(C)(C)O. The molecule has 0 fully saturated rings. The van der Waals surface area contributed by atoms with E-state index in [2.05, 4.69) is 24.1 Å². The van der Waals surface area contributed by atoms with Crippen LogP contribution in [-0.2, 0) is 12.7 Å². The molecule has 0 aromatic carbocycles. The van der Waals surface area contributed by atoms with Crippen LogP contribution in [0.3, 0.4) is 0 Å². The molecule has 2 N–H and O–H groups in total. The van der Waals surface area contributed by atoms with E-state index in [1.54, 1.807) is 13.8 Å². The van der Waals surface area contributed by atoms with Gasteiger partial charge in [0.1, 0.15) is 0 Å². The monoisotopic (exact) mass is 709 g/mol. The summed E-state index contributed by atoms with van der Waals surface area (Å²) in [5.74, 6) is -0.412. The van der Waals surface area contributed by atoms with Gasteiger partial charge in [-0.25, -0.2) is 0 Å². The van der Waals surface area contributed by atoms with Crippen LogP contribution in [0.1, 0.15) is 182 Å². The number of aliphatic hydroxyl groups is 1. The number of amides is 1. The summed E-state index contributed by atoms with van der Waals surface area (Å²) in [6, 6.07) is 0. The summed E-state index contributed by atoms with van der Waals surface area (Å²) < 4.78 is 6.81. The number of hydrogen-bond donors (Lipinski definition) is 2. The topological polar surface area (TPSA) is 75.6 Å². The van der Waals surface area contributed by atoms with E-state index in [0.29, 0.717) is 32.4 Å². The van der Waals surface area contributed by atoms with Crippen molar-refractivity contribution in [3.05, 3.63) is 0 Å². The number of Topliss-reactive ketones (excluding diaryl/α,β-unsaturated/α-hetero) is 1. The molecule has 252 valence electrons. The molecule has 0 aromatic heterocycles. The van der Waals surface area contributed by atoms with E-state index in [4.69, 9.17) is 3.07 Å². The summed E-state index contributed by atoms with van der Waals surface area (Å²) in [5.41, 5.74) is -0.707. The molecule has 0 heterocycles. The zero-order valence-electron chi connectivity index (χ0n) is 28.7. The van der Waals surface area contributed by atoms with Gasteiger partial charge in [0.15, 0.2) is 0 Å². The number of rotatable bonds is 32. The van der Waals surface area contributed by atoms with Crippen molar-refractivity contribution in [3.63, 3.8) is 0 Å². The number of carbonyl (C=O) groups excluding carboxylic acids is 2. The van der Waals surface area contributed by atoms with Gasteiger partial charge in [-0.15, -0.1) is 0 Å². The summed E-state index contributed by atoms with van der Waals surface area (Å²) in [6.07, 6.45) is 28.4.